The van der Waals surface area contributed by atoms with Crippen molar-refractivity contribution in [2.75, 3.05) is 0 Å². The van der Waals surface area contributed by atoms with Gasteiger partial charge in [0, 0.05) is 0 Å². The van der Waals surface area contributed by atoms with Crippen LogP contribution in [0.25, 0.3) is 0 Å². The molecule has 0 bridgehead atoms. The van der Waals surface area contributed by atoms with Crippen LogP contribution in [-0.4, -0.2) is 11.7 Å². The molecule has 0 fully saturated rings. The van der Waals surface area contributed by atoms with Crippen LogP contribution in [0.15, 0.2) is 12.3 Å². The van der Waals surface area contributed by atoms with E-state index in [-0.39, 0.29) is 0 Å². The van der Waals surface area contributed by atoms with Crippen molar-refractivity contribution in [3.05, 3.63) is 12.3 Å². The summed E-state index contributed by atoms with van der Waals surface area (Å²) in [7, 11) is 0. The number of rotatable bonds is 2. The molecule has 0 heterocycles. The first-order valence-electron chi connectivity index (χ1n) is 2.59. The Kier molecular flexibility index (Phi) is 3.70. The van der Waals surface area contributed by atoms with Crippen LogP contribution in [0.3, 0.4) is 0 Å². The zero-order valence-electron chi connectivity index (χ0n) is 5.55. The summed E-state index contributed by atoms with van der Waals surface area (Å²) in [5, 5.41) is 6.60. The first-order valence-corrected chi connectivity index (χ1v) is 2.59. The predicted molar refractivity (Wildman–Crippen MR) is 36.0 cm³/mol. The Morgan fingerprint density at radius 3 is 2.80 bits per heavy atom. The fourth-order valence-electron chi connectivity index (χ4n) is 0.211. The summed E-state index contributed by atoms with van der Waals surface area (Å²) in [6.45, 7) is 1.72. The number of amides is 1. The molecule has 0 aromatic carbocycles. The molecule has 0 unspecified atom stereocenters. The van der Waals surface area contributed by atoms with Gasteiger partial charge in [0.1, 0.15) is 6.26 Å². The van der Waals surface area contributed by atoms with Gasteiger partial charge >= 0.3 is 5.91 Å². The lowest BCUT2D eigenvalue weighted by molar-refractivity contribution is -0.122. The molecule has 0 aliphatic rings. The smallest absolute Gasteiger partial charge is 0.318 e. The van der Waals surface area contributed by atoms with Gasteiger partial charge in [-0.05, 0) is 13.0 Å². The molecule has 4 N–H and O–H groups in total. The fraction of sp³-hybridized carbons (Fsp3) is 0.200. The highest BCUT2D eigenvalue weighted by molar-refractivity contribution is 6.35. The normalized spacial score (nSPS) is 9.30. The minimum absolute atomic E-state index is 0.579. The number of amidine groups is 1. The summed E-state index contributed by atoms with van der Waals surface area (Å²) in [5.41, 5.74) is 6.69. The van der Waals surface area contributed by atoms with Gasteiger partial charge in [-0.2, -0.15) is 5.48 Å². The molecule has 0 saturated heterocycles. The predicted octanol–water partition coefficient (Wildman–Crippen LogP) is -0.496. The molecule has 0 atom stereocenters. The van der Waals surface area contributed by atoms with E-state index in [1.54, 1.807) is 13.0 Å². The van der Waals surface area contributed by atoms with Gasteiger partial charge in [0.05, 0.1) is 0 Å². The molecular weight excluding hydrogens is 134 g/mol. The average molecular weight is 143 g/mol. The van der Waals surface area contributed by atoms with Gasteiger partial charge in [-0.3, -0.25) is 10.2 Å². The maximum atomic E-state index is 10.4. The highest BCUT2D eigenvalue weighted by Crippen LogP contribution is 1.70. The van der Waals surface area contributed by atoms with Crippen LogP contribution >= 0.6 is 0 Å². The van der Waals surface area contributed by atoms with Crippen LogP contribution in [0.5, 0.6) is 0 Å². The zero-order chi connectivity index (χ0) is 7.98. The number of nitrogens with one attached hydrogen (secondary N) is 2. The number of hydroxylamine groups is 1. The molecule has 5 heteroatoms. The number of allylic oxidation sites excluding steroid dienone is 1. The SMILES string of the molecule is C/C=C/ONC(=O)C(=N)N. The van der Waals surface area contributed by atoms with Crippen LogP contribution in [0.2, 0.25) is 0 Å². The first-order chi connectivity index (χ1) is 4.68. The highest BCUT2D eigenvalue weighted by Gasteiger charge is 2.01. The largest absolute Gasteiger partial charge is 0.387 e. The Bertz CT molecular complexity index is 164. The monoisotopic (exact) mass is 143 g/mol. The molecule has 10 heavy (non-hydrogen) atoms. The van der Waals surface area contributed by atoms with Crippen molar-refractivity contribution in [2.45, 2.75) is 6.92 Å². The minimum atomic E-state index is -0.752. The Labute approximate surface area is 58.3 Å². The summed E-state index contributed by atoms with van der Waals surface area (Å²) in [4.78, 5) is 14.8. The molecule has 0 radical (unpaired) electrons. The summed E-state index contributed by atoms with van der Waals surface area (Å²) >= 11 is 0. The lowest BCUT2D eigenvalue weighted by Crippen LogP contribution is -2.34. The second-order valence-electron chi connectivity index (χ2n) is 1.43. The van der Waals surface area contributed by atoms with E-state index in [1.807, 2.05) is 5.48 Å². The van der Waals surface area contributed by atoms with Crippen molar-refractivity contribution in [2.24, 2.45) is 5.73 Å². The van der Waals surface area contributed by atoms with Crippen molar-refractivity contribution in [3.63, 3.8) is 0 Å². The van der Waals surface area contributed by atoms with Crippen molar-refractivity contribution < 1.29 is 9.63 Å². The molecule has 0 aliphatic heterocycles. The summed E-state index contributed by atoms with van der Waals surface area (Å²) in [5.74, 6) is -1.33. The van der Waals surface area contributed by atoms with Crippen molar-refractivity contribution in [1.29, 1.82) is 5.41 Å². The Morgan fingerprint density at radius 1 is 1.80 bits per heavy atom. The van der Waals surface area contributed by atoms with Gasteiger partial charge < -0.3 is 10.6 Å². The minimum Gasteiger partial charge on any atom is -0.387 e. The van der Waals surface area contributed by atoms with Crippen LogP contribution in [0.4, 0.5) is 0 Å². The van der Waals surface area contributed by atoms with Gasteiger partial charge in [0.2, 0.25) is 0 Å². The molecule has 0 spiro atoms. The van der Waals surface area contributed by atoms with Gasteiger partial charge in [-0.15, -0.1) is 0 Å². The zero-order valence-corrected chi connectivity index (χ0v) is 5.55. The summed E-state index contributed by atoms with van der Waals surface area (Å²) in [6.07, 6.45) is 2.85. The Morgan fingerprint density at radius 2 is 2.40 bits per heavy atom. The molecule has 1 amide bonds. The van der Waals surface area contributed by atoms with E-state index in [1.165, 1.54) is 6.26 Å². The van der Waals surface area contributed by atoms with Gasteiger partial charge in [-0.1, -0.05) is 0 Å². The highest BCUT2D eigenvalue weighted by atomic mass is 16.6. The van der Waals surface area contributed by atoms with Crippen LogP contribution < -0.4 is 11.2 Å². The molecule has 0 aliphatic carbocycles. The van der Waals surface area contributed by atoms with E-state index in [2.05, 4.69) is 4.84 Å². The number of nitrogens with two attached hydrogens (primary N) is 1. The van der Waals surface area contributed by atoms with Gasteiger partial charge in [0.15, 0.2) is 5.84 Å². The van der Waals surface area contributed by atoms with Crippen molar-refractivity contribution in [3.8, 4) is 0 Å². The molecular formula is C5H9N3O2. The quantitative estimate of drug-likeness (QED) is 0.211. The van der Waals surface area contributed by atoms with Gasteiger partial charge in [-0.25, -0.2) is 0 Å². The Hall–Kier alpha value is -1.52. The first kappa shape index (κ1) is 8.48. The van der Waals surface area contributed by atoms with E-state index in [9.17, 15) is 4.79 Å². The third-order valence-corrected chi connectivity index (χ3v) is 0.600. The second-order valence-corrected chi connectivity index (χ2v) is 1.43. The average Bonchev–Trinajstić information content (AvgIpc) is 1.88. The fourth-order valence-corrected chi connectivity index (χ4v) is 0.211. The lowest BCUT2D eigenvalue weighted by atomic mass is 10.6. The van der Waals surface area contributed by atoms with Crippen LogP contribution in [-0.2, 0) is 9.63 Å². The molecule has 5 nitrogen and oxygen atoms in total. The van der Waals surface area contributed by atoms with E-state index >= 15 is 0 Å². The second kappa shape index (κ2) is 4.37. The third kappa shape index (κ3) is 3.48. The maximum Gasteiger partial charge on any atom is 0.318 e. The van der Waals surface area contributed by atoms with Crippen LogP contribution in [0, 0.1) is 5.41 Å². The maximum absolute atomic E-state index is 10.4. The lowest BCUT2D eigenvalue weighted by Gasteiger charge is -1.98. The number of carbonyl (C=O) groups is 1. The number of carbonyl (C=O) groups excluding carboxylic acids is 1. The van der Waals surface area contributed by atoms with Crippen LogP contribution in [0.1, 0.15) is 6.92 Å². The number of hydrogen-bond donors (Lipinski definition) is 3. The Balaban J connectivity index is 3.50. The molecule has 56 valence electrons. The van der Waals surface area contributed by atoms with Crippen molar-refractivity contribution >= 4 is 11.7 Å². The van der Waals surface area contributed by atoms with E-state index in [4.69, 9.17) is 11.1 Å². The number of hydrogen-bond acceptors (Lipinski definition) is 3. The third-order valence-electron chi connectivity index (χ3n) is 0.600. The topological polar surface area (TPSA) is 88.2 Å². The van der Waals surface area contributed by atoms with E-state index in [0.29, 0.717) is 0 Å². The molecule has 0 saturated carbocycles. The molecule has 0 rings (SSSR count). The molecule has 0 aromatic heterocycles. The van der Waals surface area contributed by atoms with Gasteiger partial charge in [0.25, 0.3) is 0 Å². The summed E-state index contributed by atoms with van der Waals surface area (Å²) < 4.78 is 0. The standard InChI is InChI=1S/C5H9N3O2/c1-2-3-10-8-5(9)4(6)7/h2-3H,1H3,(H3,6,7)(H,8,9)/b3-2+. The molecule has 0 aromatic rings. The van der Waals surface area contributed by atoms with E-state index < -0.39 is 11.7 Å². The summed E-state index contributed by atoms with van der Waals surface area (Å²) in [6, 6.07) is 0. The van der Waals surface area contributed by atoms with E-state index in [0.717, 1.165) is 0 Å². The van der Waals surface area contributed by atoms with Crippen molar-refractivity contribution in [1.82, 2.24) is 5.48 Å².